The van der Waals surface area contributed by atoms with E-state index in [9.17, 15) is 4.79 Å². The number of carbonyl (C=O) groups is 1. The maximum atomic E-state index is 12.7. The molecule has 0 aliphatic heterocycles. The SMILES string of the molecule is COc1c(C)cc(Br)cc1C(=O)Nc1cccc2cccnc12. The Balaban J connectivity index is 2.02. The summed E-state index contributed by atoms with van der Waals surface area (Å²) in [6.45, 7) is 1.90. The van der Waals surface area contributed by atoms with Crippen LogP contribution in [-0.2, 0) is 0 Å². The Labute approximate surface area is 142 Å². The van der Waals surface area contributed by atoms with Crippen LogP contribution in [0, 0.1) is 6.92 Å². The third-order valence-corrected chi connectivity index (χ3v) is 4.03. The maximum Gasteiger partial charge on any atom is 0.259 e. The van der Waals surface area contributed by atoms with Crippen LogP contribution in [-0.4, -0.2) is 18.0 Å². The average molecular weight is 371 g/mol. The first-order chi connectivity index (χ1) is 11.1. The molecule has 1 heterocycles. The fourth-order valence-corrected chi connectivity index (χ4v) is 3.14. The van der Waals surface area contributed by atoms with Gasteiger partial charge in [-0.25, -0.2) is 0 Å². The van der Waals surface area contributed by atoms with Crippen LogP contribution in [0.4, 0.5) is 5.69 Å². The second-order valence-corrected chi connectivity index (χ2v) is 6.05. The number of ether oxygens (including phenoxy) is 1. The van der Waals surface area contributed by atoms with E-state index in [1.807, 2.05) is 43.3 Å². The number of nitrogens with one attached hydrogen (secondary N) is 1. The summed E-state index contributed by atoms with van der Waals surface area (Å²) in [5.41, 5.74) is 2.80. The minimum atomic E-state index is -0.232. The third-order valence-electron chi connectivity index (χ3n) is 3.57. The molecular weight excluding hydrogens is 356 g/mol. The Morgan fingerprint density at radius 2 is 2.00 bits per heavy atom. The van der Waals surface area contributed by atoms with Crippen molar-refractivity contribution >= 4 is 38.4 Å². The number of para-hydroxylation sites is 1. The van der Waals surface area contributed by atoms with Gasteiger partial charge in [-0.1, -0.05) is 34.1 Å². The first-order valence-electron chi connectivity index (χ1n) is 7.09. The van der Waals surface area contributed by atoms with Crippen LogP contribution in [0.2, 0.25) is 0 Å². The highest BCUT2D eigenvalue weighted by atomic mass is 79.9. The van der Waals surface area contributed by atoms with Crippen molar-refractivity contribution in [2.75, 3.05) is 12.4 Å². The summed E-state index contributed by atoms with van der Waals surface area (Å²) in [5, 5.41) is 3.90. The summed E-state index contributed by atoms with van der Waals surface area (Å²) in [4.78, 5) is 17.1. The van der Waals surface area contributed by atoms with Gasteiger partial charge in [0.15, 0.2) is 0 Å². The zero-order valence-electron chi connectivity index (χ0n) is 12.8. The number of pyridine rings is 1. The van der Waals surface area contributed by atoms with Crippen molar-refractivity contribution < 1.29 is 9.53 Å². The fraction of sp³-hybridized carbons (Fsp3) is 0.111. The van der Waals surface area contributed by atoms with Crippen LogP contribution < -0.4 is 10.1 Å². The fourth-order valence-electron chi connectivity index (χ4n) is 2.56. The molecule has 0 fully saturated rings. The molecule has 0 aliphatic rings. The van der Waals surface area contributed by atoms with Gasteiger partial charge in [0.1, 0.15) is 5.75 Å². The van der Waals surface area contributed by atoms with E-state index in [4.69, 9.17) is 4.74 Å². The monoisotopic (exact) mass is 370 g/mol. The maximum absolute atomic E-state index is 12.7. The Kier molecular flexibility index (Phi) is 4.30. The predicted octanol–water partition coefficient (Wildman–Crippen LogP) is 4.57. The largest absolute Gasteiger partial charge is 0.496 e. The summed E-state index contributed by atoms with van der Waals surface area (Å²) in [5.74, 6) is 0.336. The highest BCUT2D eigenvalue weighted by Gasteiger charge is 2.16. The molecule has 1 N–H and O–H groups in total. The summed E-state index contributed by atoms with van der Waals surface area (Å²) >= 11 is 3.42. The van der Waals surface area contributed by atoms with E-state index in [1.165, 1.54) is 0 Å². The quantitative estimate of drug-likeness (QED) is 0.734. The Hall–Kier alpha value is -2.40. The van der Waals surface area contributed by atoms with Crippen LogP contribution in [0.25, 0.3) is 10.9 Å². The highest BCUT2D eigenvalue weighted by molar-refractivity contribution is 9.10. The predicted molar refractivity (Wildman–Crippen MR) is 95.1 cm³/mol. The number of aromatic nitrogens is 1. The second-order valence-electron chi connectivity index (χ2n) is 5.14. The van der Waals surface area contributed by atoms with Crippen LogP contribution in [0.1, 0.15) is 15.9 Å². The van der Waals surface area contributed by atoms with Gasteiger partial charge in [-0.3, -0.25) is 9.78 Å². The molecule has 3 aromatic rings. The Bertz CT molecular complexity index is 888. The van der Waals surface area contributed by atoms with Gasteiger partial charge in [0.2, 0.25) is 0 Å². The van der Waals surface area contributed by atoms with Crippen molar-refractivity contribution in [3.8, 4) is 5.75 Å². The van der Waals surface area contributed by atoms with E-state index in [0.717, 1.165) is 20.9 Å². The molecule has 116 valence electrons. The number of carbonyl (C=O) groups excluding carboxylic acids is 1. The van der Waals surface area contributed by atoms with Gasteiger partial charge < -0.3 is 10.1 Å². The van der Waals surface area contributed by atoms with Gasteiger partial charge in [0.25, 0.3) is 5.91 Å². The average Bonchev–Trinajstić information content (AvgIpc) is 2.54. The first kappa shape index (κ1) is 15.5. The normalized spacial score (nSPS) is 10.6. The van der Waals surface area contributed by atoms with E-state index in [0.29, 0.717) is 17.0 Å². The van der Waals surface area contributed by atoms with Gasteiger partial charge in [0.05, 0.1) is 23.9 Å². The van der Waals surface area contributed by atoms with E-state index >= 15 is 0 Å². The van der Waals surface area contributed by atoms with Crippen molar-refractivity contribution in [1.82, 2.24) is 4.98 Å². The molecule has 0 atom stereocenters. The number of amides is 1. The molecule has 1 aromatic heterocycles. The molecule has 3 rings (SSSR count). The molecule has 0 saturated carbocycles. The lowest BCUT2D eigenvalue weighted by molar-refractivity contribution is 0.102. The van der Waals surface area contributed by atoms with Crippen molar-refractivity contribution in [2.45, 2.75) is 6.92 Å². The molecular formula is C18H15BrN2O2. The molecule has 0 spiro atoms. The first-order valence-corrected chi connectivity index (χ1v) is 7.88. The van der Waals surface area contributed by atoms with Crippen LogP contribution in [0.5, 0.6) is 5.75 Å². The highest BCUT2D eigenvalue weighted by Crippen LogP contribution is 2.29. The number of aryl methyl sites for hydroxylation is 1. The van der Waals surface area contributed by atoms with Gasteiger partial charge in [-0.05, 0) is 36.8 Å². The smallest absolute Gasteiger partial charge is 0.259 e. The molecule has 23 heavy (non-hydrogen) atoms. The number of hydrogen-bond donors (Lipinski definition) is 1. The molecule has 0 aliphatic carbocycles. The van der Waals surface area contributed by atoms with Crippen molar-refractivity contribution in [3.05, 3.63) is 64.3 Å². The van der Waals surface area contributed by atoms with Crippen molar-refractivity contribution in [1.29, 1.82) is 0 Å². The van der Waals surface area contributed by atoms with E-state index in [-0.39, 0.29) is 5.91 Å². The zero-order valence-corrected chi connectivity index (χ0v) is 14.3. The summed E-state index contributed by atoms with van der Waals surface area (Å²) in [7, 11) is 1.56. The molecule has 1 amide bonds. The van der Waals surface area contributed by atoms with Gasteiger partial charge >= 0.3 is 0 Å². The summed E-state index contributed by atoms with van der Waals surface area (Å²) in [6, 6.07) is 13.2. The third kappa shape index (κ3) is 3.05. The number of fused-ring (bicyclic) bond motifs is 1. The van der Waals surface area contributed by atoms with Gasteiger partial charge in [-0.2, -0.15) is 0 Å². The molecule has 0 bridgehead atoms. The lowest BCUT2D eigenvalue weighted by atomic mass is 10.1. The Morgan fingerprint density at radius 1 is 1.22 bits per heavy atom. The number of anilines is 1. The summed E-state index contributed by atoms with van der Waals surface area (Å²) in [6.07, 6.45) is 1.71. The molecule has 0 radical (unpaired) electrons. The lowest BCUT2D eigenvalue weighted by Crippen LogP contribution is -2.14. The standard InChI is InChI=1S/C18H15BrN2O2/c1-11-9-13(19)10-14(17(11)23-2)18(22)21-15-7-3-5-12-6-4-8-20-16(12)15/h3-10H,1-2H3,(H,21,22). The topological polar surface area (TPSA) is 51.2 Å². The number of methoxy groups -OCH3 is 1. The number of nitrogens with zero attached hydrogens (tertiary/aromatic N) is 1. The number of benzene rings is 2. The van der Waals surface area contributed by atoms with Gasteiger partial charge in [-0.15, -0.1) is 0 Å². The summed E-state index contributed by atoms with van der Waals surface area (Å²) < 4.78 is 6.21. The number of hydrogen-bond acceptors (Lipinski definition) is 3. The molecule has 5 heteroatoms. The van der Waals surface area contributed by atoms with E-state index < -0.39 is 0 Å². The van der Waals surface area contributed by atoms with Crippen LogP contribution in [0.15, 0.2) is 53.1 Å². The second kappa shape index (κ2) is 6.38. The van der Waals surface area contributed by atoms with E-state index in [1.54, 1.807) is 19.4 Å². The van der Waals surface area contributed by atoms with Crippen LogP contribution >= 0.6 is 15.9 Å². The number of rotatable bonds is 3. The van der Waals surface area contributed by atoms with E-state index in [2.05, 4.69) is 26.2 Å². The van der Waals surface area contributed by atoms with Gasteiger partial charge in [0, 0.05) is 16.1 Å². The lowest BCUT2D eigenvalue weighted by Gasteiger charge is -2.13. The number of halogens is 1. The molecule has 2 aromatic carbocycles. The van der Waals surface area contributed by atoms with Crippen molar-refractivity contribution in [2.24, 2.45) is 0 Å². The molecule has 0 saturated heterocycles. The molecule has 4 nitrogen and oxygen atoms in total. The minimum Gasteiger partial charge on any atom is -0.496 e. The van der Waals surface area contributed by atoms with Crippen LogP contribution in [0.3, 0.4) is 0 Å². The van der Waals surface area contributed by atoms with Crippen molar-refractivity contribution in [3.63, 3.8) is 0 Å². The Morgan fingerprint density at radius 3 is 2.78 bits per heavy atom. The zero-order chi connectivity index (χ0) is 16.4. The molecule has 0 unspecified atom stereocenters. The minimum absolute atomic E-state index is 0.232.